The lowest BCUT2D eigenvalue weighted by molar-refractivity contribution is -0.107. The number of carbonyl (C=O) groups is 2. The maximum atomic E-state index is 11.6. The molecule has 5 nitrogen and oxygen atoms in total. The number of aldehydes is 1. The molecule has 0 unspecified atom stereocenters. The van der Waals surface area contributed by atoms with Crippen LogP contribution in [0, 0.1) is 6.92 Å². The van der Waals surface area contributed by atoms with E-state index in [0.29, 0.717) is 11.8 Å². The van der Waals surface area contributed by atoms with Crippen LogP contribution in [0.3, 0.4) is 0 Å². The minimum atomic E-state index is -0.164. The quantitative estimate of drug-likeness (QED) is 0.451. The Balaban J connectivity index is 2.35. The summed E-state index contributed by atoms with van der Waals surface area (Å²) in [6.45, 7) is 1.83. The van der Waals surface area contributed by atoms with Gasteiger partial charge in [0.1, 0.15) is 18.9 Å². The third-order valence-electron chi connectivity index (χ3n) is 2.46. The Morgan fingerprint density at radius 3 is 2.88 bits per heavy atom. The molecule has 0 radical (unpaired) electrons. The number of ketones is 1. The SMILES string of the molecule is Cc1cc(-n2cncn2)ccc1C(=O)CC=O. The first-order chi connectivity index (χ1) is 8.22. The second kappa shape index (κ2) is 4.69. The standard InChI is InChI=1S/C12H11N3O2/c1-9-6-10(15-8-13-7-14-15)2-3-11(9)12(17)4-5-16/h2-3,5-8H,4H2,1H3. The van der Waals surface area contributed by atoms with Crippen LogP contribution in [-0.4, -0.2) is 26.8 Å². The Kier molecular flexibility index (Phi) is 3.09. The van der Waals surface area contributed by atoms with E-state index in [9.17, 15) is 9.59 Å². The van der Waals surface area contributed by atoms with Crippen molar-refractivity contribution < 1.29 is 9.59 Å². The van der Waals surface area contributed by atoms with Gasteiger partial charge in [0.15, 0.2) is 5.78 Å². The second-order valence-corrected chi connectivity index (χ2v) is 3.63. The van der Waals surface area contributed by atoms with Gasteiger partial charge in [0, 0.05) is 5.56 Å². The van der Waals surface area contributed by atoms with Crippen LogP contribution in [0.15, 0.2) is 30.9 Å². The lowest BCUT2D eigenvalue weighted by atomic mass is 10.0. The van der Waals surface area contributed by atoms with Gasteiger partial charge >= 0.3 is 0 Å². The third-order valence-corrected chi connectivity index (χ3v) is 2.46. The topological polar surface area (TPSA) is 64.8 Å². The summed E-state index contributed by atoms with van der Waals surface area (Å²) in [5.74, 6) is -0.164. The molecule has 0 amide bonds. The number of aromatic nitrogens is 3. The molecule has 17 heavy (non-hydrogen) atoms. The van der Waals surface area contributed by atoms with Crippen molar-refractivity contribution in [3.05, 3.63) is 42.0 Å². The van der Waals surface area contributed by atoms with Crippen LogP contribution in [0.2, 0.25) is 0 Å². The van der Waals surface area contributed by atoms with Crippen molar-refractivity contribution in [3.63, 3.8) is 0 Å². The van der Waals surface area contributed by atoms with Gasteiger partial charge in [0.05, 0.1) is 12.1 Å². The Bertz CT molecular complexity index is 547. The molecule has 0 bridgehead atoms. The summed E-state index contributed by atoms with van der Waals surface area (Å²) in [4.78, 5) is 25.8. The predicted molar refractivity (Wildman–Crippen MR) is 61.1 cm³/mol. The Hall–Kier alpha value is -2.30. The van der Waals surface area contributed by atoms with Gasteiger partial charge < -0.3 is 4.79 Å². The molecule has 0 aliphatic carbocycles. The molecule has 0 N–H and O–H groups in total. The highest BCUT2D eigenvalue weighted by Gasteiger charge is 2.09. The van der Waals surface area contributed by atoms with Gasteiger partial charge in [-0.25, -0.2) is 9.67 Å². The maximum Gasteiger partial charge on any atom is 0.170 e. The largest absolute Gasteiger partial charge is 0.303 e. The number of hydrogen-bond donors (Lipinski definition) is 0. The van der Waals surface area contributed by atoms with Crippen molar-refractivity contribution in [2.75, 3.05) is 0 Å². The lowest BCUT2D eigenvalue weighted by Gasteiger charge is -2.06. The molecule has 1 aromatic carbocycles. The summed E-state index contributed by atoms with van der Waals surface area (Å²) in [5, 5.41) is 4.00. The normalized spacial score (nSPS) is 10.2. The molecule has 2 rings (SSSR count). The lowest BCUT2D eigenvalue weighted by Crippen LogP contribution is -2.04. The van der Waals surface area contributed by atoms with Crippen molar-refractivity contribution in [1.82, 2.24) is 14.8 Å². The first-order valence-corrected chi connectivity index (χ1v) is 5.15. The van der Waals surface area contributed by atoms with Gasteiger partial charge in [0.25, 0.3) is 0 Å². The van der Waals surface area contributed by atoms with E-state index in [-0.39, 0.29) is 12.2 Å². The summed E-state index contributed by atoms with van der Waals surface area (Å²) in [6.07, 6.45) is 3.57. The van der Waals surface area contributed by atoms with Crippen molar-refractivity contribution >= 4 is 12.1 Å². The van der Waals surface area contributed by atoms with Crippen LogP contribution >= 0.6 is 0 Å². The van der Waals surface area contributed by atoms with Crippen molar-refractivity contribution in [3.8, 4) is 5.69 Å². The number of aryl methyl sites for hydroxylation is 1. The van der Waals surface area contributed by atoms with E-state index in [1.165, 1.54) is 6.33 Å². The van der Waals surface area contributed by atoms with Gasteiger partial charge in [-0.2, -0.15) is 5.10 Å². The highest BCUT2D eigenvalue weighted by Crippen LogP contribution is 2.15. The van der Waals surface area contributed by atoms with Gasteiger partial charge in [0.2, 0.25) is 0 Å². The molecule has 0 saturated heterocycles. The molecular weight excluding hydrogens is 218 g/mol. The first-order valence-electron chi connectivity index (χ1n) is 5.15. The number of Topliss-reactive ketones (excluding diaryl/α,β-unsaturated/α-hetero) is 1. The highest BCUT2D eigenvalue weighted by molar-refractivity contribution is 6.03. The molecule has 86 valence electrons. The average Bonchev–Trinajstić information content (AvgIpc) is 2.82. The zero-order valence-electron chi connectivity index (χ0n) is 9.33. The van der Waals surface area contributed by atoms with E-state index in [1.807, 2.05) is 13.0 Å². The molecule has 5 heteroatoms. The molecule has 2 aromatic rings. The van der Waals surface area contributed by atoms with Crippen molar-refractivity contribution in [1.29, 1.82) is 0 Å². The van der Waals surface area contributed by atoms with Gasteiger partial charge in [-0.3, -0.25) is 4.79 Å². The summed E-state index contributed by atoms with van der Waals surface area (Å²) in [5.41, 5.74) is 2.23. The minimum absolute atomic E-state index is 0.0798. The van der Waals surface area contributed by atoms with Crippen LogP contribution in [0.4, 0.5) is 0 Å². The molecule has 0 atom stereocenters. The molecule has 0 aliphatic rings. The van der Waals surface area contributed by atoms with Crippen LogP contribution in [-0.2, 0) is 4.79 Å². The Morgan fingerprint density at radius 1 is 1.47 bits per heavy atom. The Labute approximate surface area is 98.1 Å². The molecule has 1 heterocycles. The van der Waals surface area contributed by atoms with Crippen molar-refractivity contribution in [2.45, 2.75) is 13.3 Å². The molecule has 0 saturated carbocycles. The number of benzene rings is 1. The monoisotopic (exact) mass is 229 g/mol. The van der Waals surface area contributed by atoms with E-state index in [4.69, 9.17) is 0 Å². The smallest absolute Gasteiger partial charge is 0.170 e. The average molecular weight is 229 g/mol. The molecule has 0 aliphatic heterocycles. The molecule has 0 fully saturated rings. The number of hydrogen-bond acceptors (Lipinski definition) is 4. The molecule has 0 spiro atoms. The van der Waals surface area contributed by atoms with E-state index < -0.39 is 0 Å². The zero-order chi connectivity index (χ0) is 12.3. The fraction of sp³-hybridized carbons (Fsp3) is 0.167. The molecule has 1 aromatic heterocycles. The van der Waals surface area contributed by atoms with Gasteiger partial charge in [-0.05, 0) is 30.7 Å². The van der Waals surface area contributed by atoms with Crippen LogP contribution in [0.1, 0.15) is 22.3 Å². The highest BCUT2D eigenvalue weighted by atomic mass is 16.1. The number of rotatable bonds is 4. The maximum absolute atomic E-state index is 11.6. The van der Waals surface area contributed by atoms with Gasteiger partial charge in [-0.1, -0.05) is 0 Å². The van der Waals surface area contributed by atoms with Crippen LogP contribution in [0.25, 0.3) is 5.69 Å². The van der Waals surface area contributed by atoms with Crippen LogP contribution < -0.4 is 0 Å². The Morgan fingerprint density at radius 2 is 2.29 bits per heavy atom. The van der Waals surface area contributed by atoms with Gasteiger partial charge in [-0.15, -0.1) is 0 Å². The molecular formula is C12H11N3O2. The van der Waals surface area contributed by atoms with E-state index >= 15 is 0 Å². The number of nitrogens with zero attached hydrogens (tertiary/aromatic N) is 3. The summed E-state index contributed by atoms with van der Waals surface area (Å²) in [7, 11) is 0. The third kappa shape index (κ3) is 2.28. The van der Waals surface area contributed by atoms with E-state index in [0.717, 1.165) is 11.3 Å². The zero-order valence-corrected chi connectivity index (χ0v) is 9.33. The summed E-state index contributed by atoms with van der Waals surface area (Å²) >= 11 is 0. The fourth-order valence-electron chi connectivity index (χ4n) is 1.63. The first kappa shape index (κ1) is 11.2. The minimum Gasteiger partial charge on any atom is -0.303 e. The second-order valence-electron chi connectivity index (χ2n) is 3.63. The van der Waals surface area contributed by atoms with Crippen molar-refractivity contribution in [2.24, 2.45) is 0 Å². The summed E-state index contributed by atoms with van der Waals surface area (Å²) < 4.78 is 1.61. The number of carbonyl (C=O) groups excluding carboxylic acids is 2. The van der Waals surface area contributed by atoms with E-state index in [2.05, 4.69) is 10.1 Å². The van der Waals surface area contributed by atoms with E-state index in [1.54, 1.807) is 23.1 Å². The fourth-order valence-corrected chi connectivity index (χ4v) is 1.63. The predicted octanol–water partition coefficient (Wildman–Crippen LogP) is 1.35. The summed E-state index contributed by atoms with van der Waals surface area (Å²) in [6, 6.07) is 5.32. The van der Waals surface area contributed by atoms with Crippen LogP contribution in [0.5, 0.6) is 0 Å².